The van der Waals surface area contributed by atoms with Crippen LogP contribution in [0, 0.1) is 10.1 Å². The van der Waals surface area contributed by atoms with E-state index < -0.39 is 11.1 Å². The summed E-state index contributed by atoms with van der Waals surface area (Å²) in [6.45, 7) is 0. The van der Waals surface area contributed by atoms with Gasteiger partial charge in [0.15, 0.2) is 5.75 Å². The zero-order valence-corrected chi connectivity index (χ0v) is 12.7. The number of nitro groups is 1. The lowest BCUT2D eigenvalue weighted by Crippen LogP contribution is -2.44. The molecular weight excluding hydrogens is 310 g/mol. The fourth-order valence-corrected chi connectivity index (χ4v) is 3.10. The van der Waals surface area contributed by atoms with Crippen LogP contribution >= 0.6 is 0 Å². The Kier molecular flexibility index (Phi) is 3.16. The van der Waals surface area contributed by atoms with Crippen LogP contribution < -0.4 is 5.32 Å². The number of phenolic OH excluding ortho intramolecular Hbond substituents is 1. The van der Waals surface area contributed by atoms with Crippen molar-refractivity contribution in [1.82, 2.24) is 4.90 Å². The van der Waals surface area contributed by atoms with Gasteiger partial charge in [-0.25, -0.2) is 0 Å². The van der Waals surface area contributed by atoms with Gasteiger partial charge in [-0.3, -0.25) is 14.9 Å². The number of amides is 1. The number of nitrogens with zero attached hydrogens (tertiary/aromatic N) is 2. The number of rotatable bonds is 3. The Morgan fingerprint density at radius 2 is 1.96 bits per heavy atom. The van der Waals surface area contributed by atoms with Crippen LogP contribution in [0.4, 0.5) is 11.4 Å². The normalized spacial score (nSPS) is 19.6. The van der Waals surface area contributed by atoms with Gasteiger partial charge in [0.25, 0.3) is 5.91 Å². The number of hydrogen-bond donors (Lipinski definition) is 2. The van der Waals surface area contributed by atoms with Crippen molar-refractivity contribution in [1.29, 1.82) is 0 Å². The van der Waals surface area contributed by atoms with Crippen LogP contribution in [-0.2, 0) is 0 Å². The van der Waals surface area contributed by atoms with Gasteiger partial charge in [0.05, 0.1) is 10.5 Å². The Balaban J connectivity index is 1.80. The lowest BCUT2D eigenvalue weighted by atomic mass is 10.0. The smallest absolute Gasteiger partial charge is 0.311 e. The lowest BCUT2D eigenvalue weighted by Gasteiger charge is -2.38. The van der Waals surface area contributed by atoms with Gasteiger partial charge in [-0.15, -0.1) is 0 Å². The van der Waals surface area contributed by atoms with Crippen molar-refractivity contribution in [2.75, 3.05) is 5.32 Å². The Morgan fingerprint density at radius 1 is 1.21 bits per heavy atom. The monoisotopic (exact) mass is 325 g/mol. The van der Waals surface area contributed by atoms with Crippen molar-refractivity contribution in [2.45, 2.75) is 25.0 Å². The molecule has 0 aromatic heterocycles. The third-order valence-corrected chi connectivity index (χ3v) is 4.41. The fraction of sp³-hybridized carbons (Fsp3) is 0.235. The van der Waals surface area contributed by atoms with Crippen molar-refractivity contribution < 1.29 is 14.8 Å². The molecule has 1 aliphatic heterocycles. The quantitative estimate of drug-likeness (QED) is 0.668. The second-order valence-electron chi connectivity index (χ2n) is 6.04. The lowest BCUT2D eigenvalue weighted by molar-refractivity contribution is -0.385. The number of nitro benzene ring substituents is 1. The minimum Gasteiger partial charge on any atom is -0.502 e. The van der Waals surface area contributed by atoms with Gasteiger partial charge >= 0.3 is 5.69 Å². The van der Waals surface area contributed by atoms with Crippen LogP contribution in [0.5, 0.6) is 5.75 Å². The van der Waals surface area contributed by atoms with E-state index in [2.05, 4.69) is 5.32 Å². The maximum Gasteiger partial charge on any atom is 0.311 e. The molecule has 0 unspecified atom stereocenters. The van der Waals surface area contributed by atoms with E-state index in [-0.39, 0.29) is 23.4 Å². The minimum atomic E-state index is -0.626. The Morgan fingerprint density at radius 3 is 2.67 bits per heavy atom. The highest BCUT2D eigenvalue weighted by Gasteiger charge is 2.42. The molecule has 2 N–H and O–H groups in total. The second-order valence-corrected chi connectivity index (χ2v) is 6.04. The third-order valence-electron chi connectivity index (χ3n) is 4.41. The molecular formula is C17H15N3O4. The predicted molar refractivity (Wildman–Crippen MR) is 86.8 cm³/mol. The molecule has 0 radical (unpaired) electrons. The predicted octanol–water partition coefficient (Wildman–Crippen LogP) is 3.03. The third kappa shape index (κ3) is 2.25. The Bertz CT molecular complexity index is 847. The Hall–Kier alpha value is -3.09. The van der Waals surface area contributed by atoms with Gasteiger partial charge in [-0.1, -0.05) is 18.2 Å². The average Bonchev–Trinajstić information content (AvgIpc) is 3.39. The van der Waals surface area contributed by atoms with E-state index in [0.29, 0.717) is 16.8 Å². The highest BCUT2D eigenvalue weighted by Crippen LogP contribution is 2.42. The molecule has 24 heavy (non-hydrogen) atoms. The topological polar surface area (TPSA) is 95.7 Å². The molecule has 1 fully saturated rings. The van der Waals surface area contributed by atoms with Crippen molar-refractivity contribution in [3.63, 3.8) is 0 Å². The number of benzene rings is 2. The van der Waals surface area contributed by atoms with E-state index in [1.165, 1.54) is 12.1 Å². The first kappa shape index (κ1) is 14.5. The van der Waals surface area contributed by atoms with Gasteiger partial charge in [0, 0.05) is 23.4 Å². The SMILES string of the molecule is O=C1c2ccccc2N[C@@H](c2ccc(O)c([N+](=O)[O-])c2)N1C1CC1. The van der Waals surface area contributed by atoms with Gasteiger partial charge in [-0.2, -0.15) is 0 Å². The summed E-state index contributed by atoms with van der Waals surface area (Å²) in [7, 11) is 0. The van der Waals surface area contributed by atoms with E-state index in [1.54, 1.807) is 17.0 Å². The molecule has 7 heteroatoms. The number of anilines is 1. The largest absolute Gasteiger partial charge is 0.502 e. The van der Waals surface area contributed by atoms with Crippen LogP contribution in [0.2, 0.25) is 0 Å². The number of hydrogen-bond acceptors (Lipinski definition) is 5. The maximum absolute atomic E-state index is 12.9. The highest BCUT2D eigenvalue weighted by atomic mass is 16.6. The molecule has 1 aliphatic carbocycles. The summed E-state index contributed by atoms with van der Waals surface area (Å²) in [5.74, 6) is -0.461. The van der Waals surface area contributed by atoms with Crippen LogP contribution in [0.25, 0.3) is 0 Å². The molecule has 0 spiro atoms. The number of para-hydroxylation sites is 1. The molecule has 1 heterocycles. The first-order chi connectivity index (χ1) is 11.6. The molecule has 122 valence electrons. The van der Waals surface area contributed by atoms with Crippen LogP contribution in [-0.4, -0.2) is 26.9 Å². The van der Waals surface area contributed by atoms with E-state index >= 15 is 0 Å². The van der Waals surface area contributed by atoms with Crippen molar-refractivity contribution in [3.8, 4) is 5.75 Å². The number of aromatic hydroxyl groups is 1. The van der Waals surface area contributed by atoms with E-state index in [0.717, 1.165) is 12.8 Å². The first-order valence-corrected chi connectivity index (χ1v) is 7.72. The molecule has 0 bridgehead atoms. The molecule has 1 amide bonds. The summed E-state index contributed by atoms with van der Waals surface area (Å²) < 4.78 is 0. The number of phenols is 1. The summed E-state index contributed by atoms with van der Waals surface area (Å²) in [6.07, 6.45) is 1.36. The molecule has 2 aromatic rings. The molecule has 2 aromatic carbocycles. The highest BCUT2D eigenvalue weighted by molar-refractivity contribution is 6.02. The first-order valence-electron chi connectivity index (χ1n) is 7.72. The van der Waals surface area contributed by atoms with Crippen molar-refractivity contribution in [2.24, 2.45) is 0 Å². The number of fused-ring (bicyclic) bond motifs is 1. The average molecular weight is 325 g/mol. The van der Waals surface area contributed by atoms with Crippen molar-refractivity contribution >= 4 is 17.3 Å². The van der Waals surface area contributed by atoms with Crippen LogP contribution in [0.15, 0.2) is 42.5 Å². The standard InChI is InChI=1S/C17H15N3O4/c21-15-8-5-10(9-14(15)20(23)24)16-18-13-4-2-1-3-12(13)17(22)19(16)11-6-7-11/h1-5,8-9,11,16,18,21H,6-7H2/t16-/m1/s1. The van der Waals surface area contributed by atoms with E-state index in [4.69, 9.17) is 0 Å². The number of carbonyl (C=O) groups excluding carboxylic acids is 1. The minimum absolute atomic E-state index is 0.0763. The molecule has 0 saturated heterocycles. The van der Waals surface area contributed by atoms with Gasteiger partial charge < -0.3 is 15.3 Å². The zero-order chi connectivity index (χ0) is 16.8. The van der Waals surface area contributed by atoms with Crippen LogP contribution in [0.1, 0.15) is 34.9 Å². The molecule has 1 saturated carbocycles. The van der Waals surface area contributed by atoms with Gasteiger partial charge in [-0.05, 0) is 31.0 Å². The van der Waals surface area contributed by atoms with Crippen LogP contribution in [0.3, 0.4) is 0 Å². The summed E-state index contributed by atoms with van der Waals surface area (Å²) in [5, 5.41) is 24.1. The van der Waals surface area contributed by atoms with Crippen molar-refractivity contribution in [3.05, 3.63) is 63.7 Å². The summed E-state index contributed by atoms with van der Waals surface area (Å²) in [4.78, 5) is 25.1. The van der Waals surface area contributed by atoms with Gasteiger partial charge in [0.1, 0.15) is 6.17 Å². The summed E-state index contributed by atoms with van der Waals surface area (Å²) in [5.41, 5.74) is 1.53. The number of carbonyl (C=O) groups is 1. The van der Waals surface area contributed by atoms with E-state index in [9.17, 15) is 20.0 Å². The zero-order valence-electron chi connectivity index (χ0n) is 12.7. The van der Waals surface area contributed by atoms with E-state index in [1.807, 2.05) is 18.2 Å². The second kappa shape index (κ2) is 5.23. The molecule has 1 atom stereocenters. The summed E-state index contributed by atoms with van der Waals surface area (Å²) >= 11 is 0. The van der Waals surface area contributed by atoms with Gasteiger partial charge in [0.2, 0.25) is 0 Å². The Labute approximate surface area is 137 Å². The maximum atomic E-state index is 12.9. The summed E-state index contributed by atoms with van der Waals surface area (Å²) in [6, 6.07) is 11.6. The molecule has 2 aliphatic rings. The number of nitrogens with one attached hydrogen (secondary N) is 1. The fourth-order valence-electron chi connectivity index (χ4n) is 3.10. The molecule has 7 nitrogen and oxygen atoms in total. The molecule has 4 rings (SSSR count).